The molecule has 9 heteroatoms. The van der Waals surface area contributed by atoms with E-state index in [0.29, 0.717) is 17.9 Å². The van der Waals surface area contributed by atoms with Gasteiger partial charge in [-0.25, -0.2) is 4.79 Å². The number of nitrogens with zero attached hydrogens (tertiary/aromatic N) is 1. The lowest BCUT2D eigenvalue weighted by Gasteiger charge is -2.39. The average Bonchev–Trinajstić information content (AvgIpc) is 3.65. The van der Waals surface area contributed by atoms with Crippen LogP contribution in [0.1, 0.15) is 95.6 Å². The molecule has 0 amide bonds. The highest BCUT2D eigenvalue weighted by Gasteiger charge is 2.59. The predicted octanol–water partition coefficient (Wildman–Crippen LogP) is 5.03. The van der Waals surface area contributed by atoms with Crippen LogP contribution in [0, 0.1) is 5.92 Å². The number of benzene rings is 1. The maximum absolute atomic E-state index is 14.0. The van der Waals surface area contributed by atoms with Gasteiger partial charge in [0.05, 0.1) is 31.6 Å². The molecule has 232 valence electrons. The molecule has 3 heterocycles. The zero-order valence-corrected chi connectivity index (χ0v) is 25.6. The molecule has 1 spiro atoms. The summed E-state index contributed by atoms with van der Waals surface area (Å²) in [5, 5.41) is 11.7. The van der Waals surface area contributed by atoms with Crippen molar-refractivity contribution in [1.82, 2.24) is 4.90 Å². The molecule has 0 bridgehead atoms. The van der Waals surface area contributed by atoms with E-state index in [-0.39, 0.29) is 37.2 Å². The van der Waals surface area contributed by atoms with Gasteiger partial charge in [-0.3, -0.25) is 9.69 Å². The van der Waals surface area contributed by atoms with E-state index < -0.39 is 30.1 Å². The SMILES string of the molecule is CCCCCCOC(=O)CC(O)(CCC(C)C)C(=O)OC1C(OC)=C[C@]23CCCN2CCc2cc4c(cc2[C@H]13)OCO4. The van der Waals surface area contributed by atoms with Crippen LogP contribution < -0.4 is 9.47 Å². The maximum atomic E-state index is 14.0. The minimum absolute atomic E-state index is 0.102. The average molecular weight is 586 g/mol. The first kappa shape index (κ1) is 30.7. The second-order valence-electron chi connectivity index (χ2n) is 12.7. The number of aliphatic hydroxyl groups is 1. The van der Waals surface area contributed by atoms with Crippen LogP contribution in [0.15, 0.2) is 24.0 Å². The Bertz CT molecular complexity index is 1180. The molecule has 0 radical (unpaired) electrons. The number of methoxy groups -OCH3 is 1. The van der Waals surface area contributed by atoms with Crippen LogP contribution in [0.4, 0.5) is 0 Å². The van der Waals surface area contributed by atoms with E-state index >= 15 is 0 Å². The number of ether oxygens (including phenoxy) is 5. The highest BCUT2D eigenvalue weighted by molar-refractivity contribution is 5.86. The van der Waals surface area contributed by atoms with E-state index in [0.717, 1.165) is 74.9 Å². The normalized spacial score (nSPS) is 25.6. The van der Waals surface area contributed by atoms with Gasteiger partial charge in [-0.15, -0.1) is 0 Å². The van der Waals surface area contributed by atoms with Gasteiger partial charge in [-0.2, -0.15) is 0 Å². The Morgan fingerprint density at radius 2 is 1.95 bits per heavy atom. The van der Waals surface area contributed by atoms with Gasteiger partial charge >= 0.3 is 11.9 Å². The summed E-state index contributed by atoms with van der Waals surface area (Å²) in [6.45, 7) is 8.42. The maximum Gasteiger partial charge on any atom is 0.339 e. The summed E-state index contributed by atoms with van der Waals surface area (Å²) in [4.78, 5) is 29.3. The third kappa shape index (κ3) is 6.00. The van der Waals surface area contributed by atoms with Crippen molar-refractivity contribution in [1.29, 1.82) is 0 Å². The largest absolute Gasteiger partial charge is 0.497 e. The van der Waals surface area contributed by atoms with Crippen LogP contribution in [-0.2, 0) is 30.2 Å². The molecule has 4 atom stereocenters. The molecular formula is C33H47NO8. The zero-order valence-electron chi connectivity index (χ0n) is 25.6. The topological polar surface area (TPSA) is 104 Å². The summed E-state index contributed by atoms with van der Waals surface area (Å²) in [5.41, 5.74) is -0.214. The molecule has 1 fully saturated rings. The minimum atomic E-state index is -2.00. The predicted molar refractivity (Wildman–Crippen MR) is 156 cm³/mol. The molecule has 1 aliphatic carbocycles. The van der Waals surface area contributed by atoms with Crippen molar-refractivity contribution in [2.45, 2.75) is 108 Å². The molecule has 42 heavy (non-hydrogen) atoms. The summed E-state index contributed by atoms with van der Waals surface area (Å²) in [7, 11) is 1.59. The van der Waals surface area contributed by atoms with Crippen molar-refractivity contribution in [2.75, 3.05) is 33.6 Å². The first-order chi connectivity index (χ1) is 20.2. The van der Waals surface area contributed by atoms with Gasteiger partial charge in [0.1, 0.15) is 5.76 Å². The number of fused-ring (bicyclic) bond motifs is 3. The highest BCUT2D eigenvalue weighted by Crippen LogP contribution is 2.55. The van der Waals surface area contributed by atoms with Crippen molar-refractivity contribution >= 4 is 11.9 Å². The number of rotatable bonds is 13. The van der Waals surface area contributed by atoms with Gasteiger partial charge in [0.15, 0.2) is 23.2 Å². The van der Waals surface area contributed by atoms with E-state index in [9.17, 15) is 14.7 Å². The third-order valence-electron chi connectivity index (χ3n) is 9.41. The molecule has 0 saturated carbocycles. The van der Waals surface area contributed by atoms with Crippen LogP contribution in [0.3, 0.4) is 0 Å². The number of hydrogen-bond donors (Lipinski definition) is 1. The van der Waals surface area contributed by atoms with Crippen molar-refractivity contribution in [3.8, 4) is 11.5 Å². The first-order valence-corrected chi connectivity index (χ1v) is 15.7. The van der Waals surface area contributed by atoms with Gasteiger partial charge in [0.2, 0.25) is 6.79 Å². The van der Waals surface area contributed by atoms with Gasteiger partial charge in [0, 0.05) is 6.54 Å². The van der Waals surface area contributed by atoms with E-state index in [1.54, 1.807) is 7.11 Å². The molecule has 2 unspecified atom stereocenters. The van der Waals surface area contributed by atoms with Crippen LogP contribution in [0.2, 0.25) is 0 Å². The number of unbranched alkanes of at least 4 members (excludes halogenated alkanes) is 3. The van der Waals surface area contributed by atoms with E-state index in [4.69, 9.17) is 23.7 Å². The number of carbonyl (C=O) groups excluding carboxylic acids is 2. The van der Waals surface area contributed by atoms with Crippen LogP contribution in [0.25, 0.3) is 0 Å². The Morgan fingerprint density at radius 3 is 2.69 bits per heavy atom. The zero-order chi connectivity index (χ0) is 29.9. The number of hydrogen-bond acceptors (Lipinski definition) is 9. The van der Waals surface area contributed by atoms with E-state index in [1.165, 1.54) is 0 Å². The van der Waals surface area contributed by atoms with Gasteiger partial charge < -0.3 is 28.8 Å². The summed E-state index contributed by atoms with van der Waals surface area (Å²) >= 11 is 0. The van der Waals surface area contributed by atoms with Crippen LogP contribution in [-0.4, -0.2) is 72.8 Å². The van der Waals surface area contributed by atoms with Crippen LogP contribution in [0.5, 0.6) is 11.5 Å². The summed E-state index contributed by atoms with van der Waals surface area (Å²) in [6.07, 6.45) is 8.22. The summed E-state index contributed by atoms with van der Waals surface area (Å²) in [5.74, 6) is 0.542. The molecule has 1 N–H and O–H groups in total. The molecule has 9 nitrogen and oxygen atoms in total. The Hall–Kier alpha value is -2.78. The van der Waals surface area contributed by atoms with Crippen molar-refractivity contribution in [3.63, 3.8) is 0 Å². The van der Waals surface area contributed by atoms with Crippen LogP contribution >= 0.6 is 0 Å². The Morgan fingerprint density at radius 1 is 1.17 bits per heavy atom. The van der Waals surface area contributed by atoms with E-state index in [2.05, 4.69) is 17.9 Å². The van der Waals surface area contributed by atoms with Crippen molar-refractivity contribution in [3.05, 3.63) is 35.1 Å². The smallest absolute Gasteiger partial charge is 0.339 e. The highest BCUT2D eigenvalue weighted by atomic mass is 16.7. The summed E-state index contributed by atoms with van der Waals surface area (Å²) < 4.78 is 29.0. The molecule has 4 aliphatic rings. The number of carbonyl (C=O) groups is 2. The molecule has 1 aromatic rings. The van der Waals surface area contributed by atoms with Crippen molar-refractivity contribution in [2.24, 2.45) is 5.92 Å². The number of esters is 2. The molecule has 5 rings (SSSR count). The Kier molecular flexibility index (Phi) is 9.38. The monoisotopic (exact) mass is 585 g/mol. The molecule has 3 aliphatic heterocycles. The lowest BCUT2D eigenvalue weighted by molar-refractivity contribution is -0.179. The van der Waals surface area contributed by atoms with Gasteiger partial charge in [-0.1, -0.05) is 40.0 Å². The molecule has 0 aromatic heterocycles. The second-order valence-corrected chi connectivity index (χ2v) is 12.7. The fourth-order valence-electron chi connectivity index (χ4n) is 7.11. The van der Waals surface area contributed by atoms with Gasteiger partial charge in [-0.05, 0) is 80.3 Å². The first-order valence-electron chi connectivity index (χ1n) is 15.7. The minimum Gasteiger partial charge on any atom is -0.497 e. The molecular weight excluding hydrogens is 538 g/mol. The fraction of sp³-hybridized carbons (Fsp3) is 0.697. The van der Waals surface area contributed by atoms with Gasteiger partial charge in [0.25, 0.3) is 0 Å². The second kappa shape index (κ2) is 12.8. The quantitative estimate of drug-likeness (QED) is 0.252. The lowest BCUT2D eigenvalue weighted by Crippen LogP contribution is -2.49. The molecule has 1 saturated heterocycles. The Balaban J connectivity index is 1.42. The standard InChI is InChI=1S/C33H47NO8/c1-5-6-7-8-16-39-28(35)20-33(37,13-10-22(2)3)31(36)42-30-27(38-4)19-32-12-9-14-34(32)15-11-23-17-25-26(41-21-40-25)18-24(23)29(30)32/h17-19,22,29-30,37H,5-16,20-21H2,1-4H3/t29-,30?,32+,33?/m1/s1. The summed E-state index contributed by atoms with van der Waals surface area (Å²) in [6, 6.07) is 4.08. The third-order valence-corrected chi connectivity index (χ3v) is 9.41. The Labute approximate surface area is 249 Å². The van der Waals surface area contributed by atoms with Crippen molar-refractivity contribution < 1.29 is 38.4 Å². The fourth-order valence-corrected chi connectivity index (χ4v) is 7.11. The molecule has 1 aromatic carbocycles. The van der Waals surface area contributed by atoms with E-state index in [1.807, 2.05) is 26.0 Å². The lowest BCUT2D eigenvalue weighted by atomic mass is 9.77.